The van der Waals surface area contributed by atoms with Crippen LogP contribution >= 0.6 is 0 Å². The van der Waals surface area contributed by atoms with Crippen molar-refractivity contribution in [3.63, 3.8) is 0 Å². The Bertz CT molecular complexity index is 499. The second-order valence-corrected chi connectivity index (χ2v) is 6.10. The van der Waals surface area contributed by atoms with E-state index in [0.29, 0.717) is 13.2 Å². The van der Waals surface area contributed by atoms with E-state index in [1.807, 2.05) is 31.2 Å². The highest BCUT2D eigenvalue weighted by molar-refractivity contribution is 5.72. The largest absolute Gasteiger partial charge is 0.497 e. The van der Waals surface area contributed by atoms with E-state index in [-0.39, 0.29) is 24.1 Å². The van der Waals surface area contributed by atoms with Gasteiger partial charge in [-0.25, -0.2) is 0 Å². The van der Waals surface area contributed by atoms with E-state index in [9.17, 15) is 4.79 Å². The van der Waals surface area contributed by atoms with Crippen LogP contribution in [-0.2, 0) is 25.6 Å². The van der Waals surface area contributed by atoms with E-state index in [1.54, 1.807) is 7.11 Å². The summed E-state index contributed by atoms with van der Waals surface area (Å²) in [6.45, 7) is 3.23. The Hall–Kier alpha value is -1.59. The minimum Gasteiger partial charge on any atom is -0.497 e. The third kappa shape index (κ3) is 5.21. The lowest BCUT2D eigenvalue weighted by Gasteiger charge is -2.20. The molecular formula is C19H28O5. The Labute approximate surface area is 144 Å². The molecule has 0 radical (unpaired) electrons. The smallest absolute Gasteiger partial charge is 0.311 e. The van der Waals surface area contributed by atoms with Gasteiger partial charge in [-0.3, -0.25) is 4.79 Å². The zero-order valence-corrected chi connectivity index (χ0v) is 14.8. The van der Waals surface area contributed by atoms with Crippen molar-refractivity contribution in [3.8, 4) is 5.75 Å². The first-order valence-corrected chi connectivity index (χ1v) is 8.61. The molecule has 5 heteroatoms. The molecule has 2 rings (SSSR count). The molecule has 0 N–H and O–H groups in total. The first-order valence-electron chi connectivity index (χ1n) is 8.61. The average Bonchev–Trinajstić information content (AvgIpc) is 3.08. The molecule has 3 atom stereocenters. The lowest BCUT2D eigenvalue weighted by molar-refractivity contribution is -0.151. The maximum atomic E-state index is 11.8. The maximum absolute atomic E-state index is 11.8. The molecule has 1 aromatic carbocycles. The zero-order valence-electron chi connectivity index (χ0n) is 14.8. The lowest BCUT2D eigenvalue weighted by Crippen LogP contribution is -2.29. The number of rotatable bonds is 9. The van der Waals surface area contributed by atoms with Crippen LogP contribution in [0.5, 0.6) is 5.75 Å². The van der Waals surface area contributed by atoms with Crippen molar-refractivity contribution in [3.05, 3.63) is 29.8 Å². The molecule has 1 saturated heterocycles. The number of ether oxygens (including phenoxy) is 4. The Morgan fingerprint density at radius 2 is 2.00 bits per heavy atom. The van der Waals surface area contributed by atoms with Crippen molar-refractivity contribution in [1.29, 1.82) is 0 Å². The highest BCUT2D eigenvalue weighted by Gasteiger charge is 2.35. The van der Waals surface area contributed by atoms with Crippen LogP contribution in [0, 0.1) is 5.92 Å². The van der Waals surface area contributed by atoms with Gasteiger partial charge >= 0.3 is 5.97 Å². The van der Waals surface area contributed by atoms with Gasteiger partial charge in [0, 0.05) is 6.61 Å². The molecule has 0 saturated carbocycles. The summed E-state index contributed by atoms with van der Waals surface area (Å²) >= 11 is 0. The number of carbonyl (C=O) groups excluding carboxylic acids is 1. The van der Waals surface area contributed by atoms with Gasteiger partial charge in [-0.1, -0.05) is 19.1 Å². The molecule has 1 aliphatic heterocycles. The summed E-state index contributed by atoms with van der Waals surface area (Å²) in [6, 6.07) is 7.87. The Balaban J connectivity index is 1.67. The van der Waals surface area contributed by atoms with Crippen LogP contribution in [0.1, 0.15) is 38.2 Å². The van der Waals surface area contributed by atoms with Gasteiger partial charge in [0.25, 0.3) is 0 Å². The Kier molecular flexibility index (Phi) is 7.53. The summed E-state index contributed by atoms with van der Waals surface area (Å²) < 4.78 is 21.8. The SMILES string of the molecule is CC[C@@H](C(=O)OC)[C@H]1CC[C@@H](CCOCc2ccc(OC)cc2)O1. The van der Waals surface area contributed by atoms with Crippen molar-refractivity contribution in [2.45, 2.75) is 51.4 Å². The number of hydrogen-bond acceptors (Lipinski definition) is 5. The molecule has 5 nitrogen and oxygen atoms in total. The van der Waals surface area contributed by atoms with Crippen LogP contribution in [-0.4, -0.2) is 39.0 Å². The average molecular weight is 336 g/mol. The first kappa shape index (κ1) is 18.7. The zero-order chi connectivity index (χ0) is 17.4. The molecule has 1 heterocycles. The Morgan fingerprint density at radius 3 is 2.62 bits per heavy atom. The summed E-state index contributed by atoms with van der Waals surface area (Å²) in [5.41, 5.74) is 1.12. The van der Waals surface area contributed by atoms with E-state index in [1.165, 1.54) is 7.11 Å². The quantitative estimate of drug-likeness (QED) is 0.511. The second kappa shape index (κ2) is 9.64. The summed E-state index contributed by atoms with van der Waals surface area (Å²) in [4.78, 5) is 11.8. The molecule has 1 aromatic rings. The van der Waals surface area contributed by atoms with Gasteiger partial charge < -0.3 is 18.9 Å². The molecule has 134 valence electrons. The summed E-state index contributed by atoms with van der Waals surface area (Å²) in [5.74, 6) is 0.527. The number of esters is 1. The van der Waals surface area contributed by atoms with Crippen LogP contribution in [0.4, 0.5) is 0 Å². The molecule has 1 fully saturated rings. The third-order valence-electron chi connectivity index (χ3n) is 4.54. The van der Waals surface area contributed by atoms with Crippen LogP contribution in [0.3, 0.4) is 0 Å². The van der Waals surface area contributed by atoms with Crippen LogP contribution in [0.25, 0.3) is 0 Å². The molecule has 0 aliphatic carbocycles. The van der Waals surface area contributed by atoms with E-state index >= 15 is 0 Å². The van der Waals surface area contributed by atoms with Gasteiger partial charge in [0.2, 0.25) is 0 Å². The first-order chi connectivity index (χ1) is 11.7. The van der Waals surface area contributed by atoms with Crippen molar-refractivity contribution < 1.29 is 23.7 Å². The molecular weight excluding hydrogens is 308 g/mol. The van der Waals surface area contributed by atoms with E-state index < -0.39 is 0 Å². The number of methoxy groups -OCH3 is 2. The van der Waals surface area contributed by atoms with E-state index in [2.05, 4.69) is 0 Å². The standard InChI is InChI=1S/C19H28O5/c1-4-17(19(20)22-3)18-10-9-16(24-18)11-12-23-13-14-5-7-15(21-2)8-6-14/h5-8,16-18H,4,9-13H2,1-3H3/t16-,17+,18+/m0/s1. The van der Waals surface area contributed by atoms with E-state index in [0.717, 1.165) is 37.0 Å². The van der Waals surface area contributed by atoms with E-state index in [4.69, 9.17) is 18.9 Å². The Morgan fingerprint density at radius 1 is 1.25 bits per heavy atom. The van der Waals surface area contributed by atoms with Crippen molar-refractivity contribution >= 4 is 5.97 Å². The minimum absolute atomic E-state index is 0.0194. The highest BCUT2D eigenvalue weighted by Crippen LogP contribution is 2.29. The fraction of sp³-hybridized carbons (Fsp3) is 0.632. The molecule has 0 unspecified atom stereocenters. The minimum atomic E-state index is -0.168. The van der Waals surface area contributed by atoms with Gasteiger partial charge in [0.1, 0.15) is 5.75 Å². The molecule has 24 heavy (non-hydrogen) atoms. The summed E-state index contributed by atoms with van der Waals surface area (Å²) in [6.07, 6.45) is 3.64. The lowest BCUT2D eigenvalue weighted by atomic mass is 9.97. The number of hydrogen-bond donors (Lipinski definition) is 0. The van der Waals surface area contributed by atoms with Crippen molar-refractivity contribution in [2.24, 2.45) is 5.92 Å². The summed E-state index contributed by atoms with van der Waals surface area (Å²) in [7, 11) is 3.09. The number of carbonyl (C=O) groups is 1. The van der Waals surface area contributed by atoms with Crippen molar-refractivity contribution in [1.82, 2.24) is 0 Å². The predicted octanol–water partition coefficient (Wildman–Crippen LogP) is 3.35. The fourth-order valence-corrected chi connectivity index (χ4v) is 3.10. The van der Waals surface area contributed by atoms with Gasteiger partial charge in [-0.15, -0.1) is 0 Å². The maximum Gasteiger partial charge on any atom is 0.311 e. The molecule has 0 bridgehead atoms. The predicted molar refractivity (Wildman–Crippen MR) is 91.0 cm³/mol. The summed E-state index contributed by atoms with van der Waals surface area (Å²) in [5, 5.41) is 0. The van der Waals surface area contributed by atoms with Crippen LogP contribution in [0.15, 0.2) is 24.3 Å². The van der Waals surface area contributed by atoms with Gasteiger partial charge in [0.05, 0.1) is 39.0 Å². The van der Waals surface area contributed by atoms with Crippen molar-refractivity contribution in [2.75, 3.05) is 20.8 Å². The van der Waals surface area contributed by atoms with Gasteiger partial charge in [-0.2, -0.15) is 0 Å². The normalized spacial score (nSPS) is 21.5. The van der Waals surface area contributed by atoms with Gasteiger partial charge in [0.15, 0.2) is 0 Å². The second-order valence-electron chi connectivity index (χ2n) is 6.10. The monoisotopic (exact) mass is 336 g/mol. The van der Waals surface area contributed by atoms with Crippen LogP contribution in [0.2, 0.25) is 0 Å². The molecule has 0 aromatic heterocycles. The topological polar surface area (TPSA) is 54.0 Å². The third-order valence-corrected chi connectivity index (χ3v) is 4.54. The molecule has 0 spiro atoms. The number of benzene rings is 1. The highest BCUT2D eigenvalue weighted by atomic mass is 16.5. The van der Waals surface area contributed by atoms with Crippen LogP contribution < -0.4 is 4.74 Å². The van der Waals surface area contributed by atoms with Gasteiger partial charge in [-0.05, 0) is 43.4 Å². The molecule has 0 amide bonds. The fourth-order valence-electron chi connectivity index (χ4n) is 3.10. The molecule has 1 aliphatic rings.